The van der Waals surface area contributed by atoms with Crippen molar-refractivity contribution in [2.75, 3.05) is 6.54 Å². The van der Waals surface area contributed by atoms with Gasteiger partial charge in [0.15, 0.2) is 0 Å². The average molecular weight is 468 g/mol. The second-order valence-corrected chi connectivity index (χ2v) is 9.76. The summed E-state index contributed by atoms with van der Waals surface area (Å²) in [6, 6.07) is 25.5. The SMILES string of the molecule is Cc1ccccc1CC(=O)NCCCCCc1nc2ccccc2n1Cc1ccc(C(C)C)cc1. The van der Waals surface area contributed by atoms with Crippen molar-refractivity contribution in [2.24, 2.45) is 0 Å². The number of aryl methyl sites for hydroxylation is 2. The number of benzene rings is 3. The number of nitrogens with one attached hydrogen (secondary N) is 1. The number of fused-ring (bicyclic) bond motifs is 1. The van der Waals surface area contributed by atoms with Gasteiger partial charge in [0.1, 0.15) is 5.82 Å². The molecule has 4 nitrogen and oxygen atoms in total. The standard InChI is InChI=1S/C31H37N3O/c1-23(2)26-18-16-25(17-19-26)22-34-29-14-9-8-13-28(29)33-30(34)15-5-4-10-20-32-31(35)21-27-12-7-6-11-24(27)3/h6-9,11-14,16-19,23H,4-5,10,15,20-22H2,1-3H3,(H,32,35). The number of hydrogen-bond acceptors (Lipinski definition) is 2. The smallest absolute Gasteiger partial charge is 0.224 e. The minimum atomic E-state index is 0.101. The fourth-order valence-corrected chi connectivity index (χ4v) is 4.54. The maximum Gasteiger partial charge on any atom is 0.224 e. The molecule has 3 aromatic carbocycles. The summed E-state index contributed by atoms with van der Waals surface area (Å²) in [5, 5.41) is 3.08. The van der Waals surface area contributed by atoms with Crippen LogP contribution in [-0.2, 0) is 24.2 Å². The number of aromatic nitrogens is 2. The quantitative estimate of drug-likeness (QED) is 0.253. The third-order valence-corrected chi connectivity index (χ3v) is 6.73. The first kappa shape index (κ1) is 24.7. The number of carbonyl (C=O) groups is 1. The molecule has 0 aliphatic rings. The molecule has 0 spiro atoms. The third-order valence-electron chi connectivity index (χ3n) is 6.73. The molecule has 4 heteroatoms. The summed E-state index contributed by atoms with van der Waals surface area (Å²) >= 11 is 0. The Hall–Kier alpha value is -3.40. The lowest BCUT2D eigenvalue weighted by atomic mass is 10.0. The van der Waals surface area contributed by atoms with E-state index in [1.165, 1.54) is 22.2 Å². The van der Waals surface area contributed by atoms with E-state index < -0.39 is 0 Å². The minimum absolute atomic E-state index is 0.101. The highest BCUT2D eigenvalue weighted by molar-refractivity contribution is 5.79. The van der Waals surface area contributed by atoms with Crippen LogP contribution >= 0.6 is 0 Å². The largest absolute Gasteiger partial charge is 0.356 e. The second-order valence-electron chi connectivity index (χ2n) is 9.76. The van der Waals surface area contributed by atoms with Gasteiger partial charge >= 0.3 is 0 Å². The fraction of sp³-hybridized carbons (Fsp3) is 0.355. The van der Waals surface area contributed by atoms with E-state index in [1.807, 2.05) is 18.2 Å². The van der Waals surface area contributed by atoms with Gasteiger partial charge in [-0.25, -0.2) is 4.98 Å². The molecule has 0 unspecified atom stereocenters. The maximum absolute atomic E-state index is 12.3. The lowest BCUT2D eigenvalue weighted by Gasteiger charge is -2.11. The molecular formula is C31H37N3O. The number of para-hydroxylation sites is 2. The normalized spacial score (nSPS) is 11.3. The number of rotatable bonds is 11. The maximum atomic E-state index is 12.3. The average Bonchev–Trinajstić information content (AvgIpc) is 3.20. The van der Waals surface area contributed by atoms with Gasteiger partial charge in [0, 0.05) is 19.5 Å². The van der Waals surface area contributed by atoms with Gasteiger partial charge in [-0.05, 0) is 60.1 Å². The molecule has 0 aliphatic carbocycles. The molecule has 0 radical (unpaired) electrons. The van der Waals surface area contributed by atoms with E-state index in [4.69, 9.17) is 4.98 Å². The van der Waals surface area contributed by atoms with E-state index >= 15 is 0 Å². The van der Waals surface area contributed by atoms with E-state index in [0.29, 0.717) is 12.3 Å². The highest BCUT2D eigenvalue weighted by Gasteiger charge is 2.11. The molecule has 182 valence electrons. The van der Waals surface area contributed by atoms with Crippen molar-refractivity contribution in [3.05, 3.63) is 101 Å². The molecule has 4 rings (SSSR count). The summed E-state index contributed by atoms with van der Waals surface area (Å²) < 4.78 is 2.36. The Labute approximate surface area is 209 Å². The second kappa shape index (κ2) is 11.8. The van der Waals surface area contributed by atoms with Gasteiger partial charge in [-0.15, -0.1) is 0 Å². The highest BCUT2D eigenvalue weighted by Crippen LogP contribution is 2.21. The Morgan fingerprint density at radius 2 is 1.66 bits per heavy atom. The van der Waals surface area contributed by atoms with Gasteiger partial charge < -0.3 is 9.88 Å². The molecule has 0 bridgehead atoms. The molecule has 1 aromatic heterocycles. The van der Waals surface area contributed by atoms with E-state index in [1.54, 1.807) is 0 Å². The van der Waals surface area contributed by atoms with Gasteiger partial charge in [0.25, 0.3) is 0 Å². The number of nitrogens with zero attached hydrogens (tertiary/aromatic N) is 2. The molecule has 4 aromatic rings. The number of carbonyl (C=O) groups excluding carboxylic acids is 1. The van der Waals surface area contributed by atoms with Crippen molar-refractivity contribution in [2.45, 2.75) is 65.3 Å². The Kier molecular flexibility index (Phi) is 8.36. The zero-order chi connectivity index (χ0) is 24.6. The van der Waals surface area contributed by atoms with Crippen LogP contribution in [0.5, 0.6) is 0 Å². The molecule has 0 saturated carbocycles. The van der Waals surface area contributed by atoms with Crippen molar-refractivity contribution >= 4 is 16.9 Å². The van der Waals surface area contributed by atoms with Gasteiger partial charge in [-0.2, -0.15) is 0 Å². The van der Waals surface area contributed by atoms with E-state index in [-0.39, 0.29) is 5.91 Å². The summed E-state index contributed by atoms with van der Waals surface area (Å²) in [6.45, 7) is 8.07. The van der Waals surface area contributed by atoms with E-state index in [2.05, 4.69) is 85.3 Å². The Balaban J connectivity index is 1.29. The molecule has 0 atom stereocenters. The summed E-state index contributed by atoms with van der Waals surface area (Å²) in [4.78, 5) is 17.2. The van der Waals surface area contributed by atoms with Gasteiger partial charge in [0.2, 0.25) is 5.91 Å². The van der Waals surface area contributed by atoms with Crippen molar-refractivity contribution in [1.82, 2.24) is 14.9 Å². The topological polar surface area (TPSA) is 46.9 Å². The molecule has 0 aliphatic heterocycles. The number of unbranched alkanes of at least 4 members (excludes halogenated alkanes) is 2. The van der Waals surface area contributed by atoms with Crippen LogP contribution in [0.2, 0.25) is 0 Å². The fourth-order valence-electron chi connectivity index (χ4n) is 4.54. The molecule has 35 heavy (non-hydrogen) atoms. The van der Waals surface area contributed by atoms with Gasteiger partial charge in [-0.1, -0.05) is 80.9 Å². The number of amides is 1. The lowest BCUT2D eigenvalue weighted by molar-refractivity contribution is -0.120. The van der Waals surface area contributed by atoms with Crippen LogP contribution in [-0.4, -0.2) is 22.0 Å². The number of imidazole rings is 1. The highest BCUT2D eigenvalue weighted by atomic mass is 16.1. The van der Waals surface area contributed by atoms with Crippen molar-refractivity contribution in [1.29, 1.82) is 0 Å². The Morgan fingerprint density at radius 1 is 0.914 bits per heavy atom. The molecule has 1 heterocycles. The van der Waals surface area contributed by atoms with Gasteiger partial charge in [0.05, 0.1) is 17.5 Å². The Morgan fingerprint density at radius 3 is 2.43 bits per heavy atom. The predicted octanol–water partition coefficient (Wildman–Crippen LogP) is 6.59. The van der Waals surface area contributed by atoms with Crippen molar-refractivity contribution in [3.63, 3.8) is 0 Å². The minimum Gasteiger partial charge on any atom is -0.356 e. The zero-order valence-electron chi connectivity index (χ0n) is 21.3. The van der Waals surface area contributed by atoms with Crippen LogP contribution in [0, 0.1) is 6.92 Å². The first-order valence-corrected chi connectivity index (χ1v) is 12.9. The molecule has 0 saturated heterocycles. The predicted molar refractivity (Wildman–Crippen MR) is 145 cm³/mol. The van der Waals surface area contributed by atoms with Crippen molar-refractivity contribution < 1.29 is 4.79 Å². The molecule has 0 fully saturated rings. The third kappa shape index (κ3) is 6.60. The summed E-state index contributed by atoms with van der Waals surface area (Å²) in [7, 11) is 0. The number of hydrogen-bond donors (Lipinski definition) is 1. The monoisotopic (exact) mass is 467 g/mol. The molecule has 1 amide bonds. The molecular weight excluding hydrogens is 430 g/mol. The van der Waals surface area contributed by atoms with E-state index in [0.717, 1.165) is 55.7 Å². The van der Waals surface area contributed by atoms with Crippen LogP contribution in [0.15, 0.2) is 72.8 Å². The van der Waals surface area contributed by atoms with Crippen LogP contribution in [0.1, 0.15) is 67.1 Å². The lowest BCUT2D eigenvalue weighted by Crippen LogP contribution is -2.26. The van der Waals surface area contributed by atoms with Crippen LogP contribution < -0.4 is 5.32 Å². The summed E-state index contributed by atoms with van der Waals surface area (Å²) in [6.07, 6.45) is 4.50. The van der Waals surface area contributed by atoms with Crippen LogP contribution in [0.4, 0.5) is 0 Å². The van der Waals surface area contributed by atoms with Crippen LogP contribution in [0.25, 0.3) is 11.0 Å². The first-order chi connectivity index (χ1) is 17.0. The van der Waals surface area contributed by atoms with Crippen LogP contribution in [0.3, 0.4) is 0 Å². The Bertz CT molecular complexity index is 1250. The summed E-state index contributed by atoms with van der Waals surface area (Å²) in [5.41, 5.74) is 7.19. The van der Waals surface area contributed by atoms with E-state index in [9.17, 15) is 4.79 Å². The molecule has 1 N–H and O–H groups in total. The van der Waals surface area contributed by atoms with Crippen molar-refractivity contribution in [3.8, 4) is 0 Å². The summed E-state index contributed by atoms with van der Waals surface area (Å²) in [5.74, 6) is 1.79. The zero-order valence-corrected chi connectivity index (χ0v) is 21.3. The van der Waals surface area contributed by atoms with Gasteiger partial charge in [-0.3, -0.25) is 4.79 Å². The first-order valence-electron chi connectivity index (χ1n) is 12.9.